The second-order valence-electron chi connectivity index (χ2n) is 16.7. The summed E-state index contributed by atoms with van der Waals surface area (Å²) in [5.74, 6) is 1.51. The molecule has 0 radical (unpaired) electrons. The number of rotatable bonds is 23. The van der Waals surface area contributed by atoms with Crippen molar-refractivity contribution < 1.29 is 28.3 Å². The third-order valence-electron chi connectivity index (χ3n) is 12.0. The number of piperazine rings is 2. The Morgan fingerprint density at radius 2 is 1.44 bits per heavy atom. The fourth-order valence-corrected chi connectivity index (χ4v) is 8.15. The number of hydrogen-bond donors (Lipinski definition) is 4. The molecule has 360 valence electrons. The lowest BCUT2D eigenvalue weighted by Gasteiger charge is -2.35. The Hall–Kier alpha value is -6.95. The van der Waals surface area contributed by atoms with Crippen molar-refractivity contribution in [2.45, 2.75) is 51.6 Å². The molecule has 2 saturated heterocycles. The van der Waals surface area contributed by atoms with Gasteiger partial charge < -0.3 is 51.1 Å². The average molecular weight is 934 g/mol. The Bertz CT molecular complexity index is 2610. The first-order valence-corrected chi connectivity index (χ1v) is 23.1. The minimum absolute atomic E-state index is 0.0915. The average Bonchev–Trinajstić information content (AvgIpc) is 3.94. The van der Waals surface area contributed by atoms with Crippen molar-refractivity contribution in [1.82, 2.24) is 59.8 Å². The van der Waals surface area contributed by atoms with Gasteiger partial charge in [0.1, 0.15) is 29.1 Å². The fraction of sp³-hybridized carbons (Fsp3) is 0.489. The molecule has 0 atom stereocenters. The van der Waals surface area contributed by atoms with Gasteiger partial charge in [0.05, 0.1) is 43.8 Å². The van der Waals surface area contributed by atoms with E-state index in [2.05, 4.69) is 54.9 Å². The van der Waals surface area contributed by atoms with E-state index in [-0.39, 0.29) is 36.8 Å². The molecule has 6 aromatic rings. The van der Waals surface area contributed by atoms with Crippen molar-refractivity contribution in [3.05, 3.63) is 60.4 Å². The van der Waals surface area contributed by atoms with E-state index in [4.69, 9.17) is 36.2 Å². The van der Waals surface area contributed by atoms with Crippen LogP contribution in [-0.2, 0) is 32.2 Å². The third kappa shape index (κ3) is 12.3. The molecule has 2 aliphatic heterocycles. The lowest BCUT2D eigenvalue weighted by Crippen LogP contribution is -2.49. The Balaban J connectivity index is 0.638. The molecule has 2 fully saturated rings. The van der Waals surface area contributed by atoms with Gasteiger partial charge in [0.15, 0.2) is 11.2 Å². The van der Waals surface area contributed by atoms with Gasteiger partial charge in [0.2, 0.25) is 17.8 Å². The molecule has 68 heavy (non-hydrogen) atoms. The number of hydrogen-bond acceptors (Lipinski definition) is 20. The molecule has 23 heteroatoms. The number of nitrogens with two attached hydrogens (primary N) is 3. The summed E-state index contributed by atoms with van der Waals surface area (Å²) in [6.45, 7) is 9.34. The van der Waals surface area contributed by atoms with Crippen LogP contribution < -0.4 is 32.3 Å². The number of anilines is 4. The van der Waals surface area contributed by atoms with E-state index in [0.29, 0.717) is 129 Å². The van der Waals surface area contributed by atoms with E-state index in [1.165, 1.54) is 18.7 Å². The molecule has 7 N–H and O–H groups in total. The first-order chi connectivity index (χ1) is 33.2. The number of nitrogens with one attached hydrogen (secondary N) is 1. The number of oxazole rings is 1. The first kappa shape index (κ1) is 47.5. The smallest absolute Gasteiger partial charge is 0.292 e. The van der Waals surface area contributed by atoms with Gasteiger partial charge >= 0.3 is 0 Å². The summed E-state index contributed by atoms with van der Waals surface area (Å²) in [7, 11) is 0. The summed E-state index contributed by atoms with van der Waals surface area (Å²) in [6.07, 6.45) is 11.5. The van der Waals surface area contributed by atoms with E-state index in [1.54, 1.807) is 18.5 Å². The Kier molecular flexibility index (Phi) is 16.2. The highest BCUT2D eigenvalue weighted by Gasteiger charge is 2.24. The van der Waals surface area contributed by atoms with Crippen molar-refractivity contribution in [2.75, 3.05) is 113 Å². The SMILES string of the molecule is NCc1cnc(N2CCN(C(=O)CCOCCN3CCN(c4ncc(C(=O)NCCOCCC(=O)CCCCCn5nc(-c6ccc7oc(N)nc7c6)c6c(N)ncnc65)cn4)CC3)CC2)nc1. The number of carbonyl (C=O) groups is 3. The Morgan fingerprint density at radius 1 is 0.735 bits per heavy atom. The number of aromatic nitrogens is 9. The third-order valence-corrected chi connectivity index (χ3v) is 12.0. The zero-order valence-electron chi connectivity index (χ0n) is 38.2. The van der Waals surface area contributed by atoms with Crippen LogP contribution in [-0.4, -0.2) is 164 Å². The number of Topliss-reactive ketones (excluding diaryl/α,β-unsaturated/α-hetero) is 1. The Morgan fingerprint density at radius 3 is 2.19 bits per heavy atom. The summed E-state index contributed by atoms with van der Waals surface area (Å²) in [5, 5.41) is 8.31. The standard InChI is InChI=1S/C45H59N17O6/c46-25-31-26-50-44(51-27-31)61-17-15-59(16-18-61)37(64)8-21-67-23-19-58-11-13-60(14-12-58)45-52-28-33(29-53-45)42(65)49-9-22-66-20-7-34(63)4-2-1-3-10-62-41-38(40(47)54-30-55-41)39(57-62)32-5-6-36-35(24-32)56-43(48)68-36/h5-6,24,26-30H,1-4,7-23,25,46H2,(H2,48,56)(H,49,65)(H2,47,54,55). The molecule has 0 bridgehead atoms. The number of unbranched alkanes of at least 4 members (excludes halogenated alkanes) is 2. The van der Waals surface area contributed by atoms with E-state index >= 15 is 0 Å². The number of carbonyl (C=O) groups excluding carboxylic acids is 3. The maximum Gasteiger partial charge on any atom is 0.292 e. The molecular formula is C45H59N17O6. The number of benzene rings is 1. The summed E-state index contributed by atoms with van der Waals surface area (Å²) in [5.41, 5.74) is 22.2. The quantitative estimate of drug-likeness (QED) is 0.0665. The van der Waals surface area contributed by atoms with Crippen molar-refractivity contribution >= 4 is 63.5 Å². The second kappa shape index (κ2) is 23.2. The van der Waals surface area contributed by atoms with Crippen LogP contribution in [0.5, 0.6) is 0 Å². The van der Waals surface area contributed by atoms with E-state index < -0.39 is 0 Å². The van der Waals surface area contributed by atoms with Gasteiger partial charge in [-0.1, -0.05) is 6.42 Å². The number of fused-ring (bicyclic) bond motifs is 2. The predicted molar refractivity (Wildman–Crippen MR) is 253 cm³/mol. The van der Waals surface area contributed by atoms with Crippen molar-refractivity contribution in [3.63, 3.8) is 0 Å². The number of ether oxygens (including phenoxy) is 2. The topological polar surface area (TPSA) is 294 Å². The van der Waals surface area contributed by atoms with Crippen LogP contribution >= 0.6 is 0 Å². The van der Waals surface area contributed by atoms with Gasteiger partial charge in [0, 0.05) is 127 Å². The lowest BCUT2D eigenvalue weighted by molar-refractivity contribution is -0.132. The minimum atomic E-state index is -0.292. The number of nitrogens with zero attached hydrogens (tertiary/aromatic N) is 13. The molecule has 2 aliphatic rings. The monoisotopic (exact) mass is 933 g/mol. The molecule has 7 heterocycles. The largest absolute Gasteiger partial charge is 0.424 e. The summed E-state index contributed by atoms with van der Waals surface area (Å²) in [6, 6.07) is 5.60. The van der Waals surface area contributed by atoms with E-state index in [9.17, 15) is 14.4 Å². The number of aryl methyl sites for hydroxylation is 1. The van der Waals surface area contributed by atoms with Gasteiger partial charge in [-0.05, 0) is 31.0 Å². The number of nitrogen functional groups attached to an aromatic ring is 2. The number of amides is 2. The summed E-state index contributed by atoms with van der Waals surface area (Å²) >= 11 is 0. The highest BCUT2D eigenvalue weighted by molar-refractivity contribution is 5.99. The van der Waals surface area contributed by atoms with Crippen molar-refractivity contribution in [1.29, 1.82) is 0 Å². The van der Waals surface area contributed by atoms with Crippen LogP contribution in [0.25, 0.3) is 33.4 Å². The van der Waals surface area contributed by atoms with Gasteiger partial charge in [-0.2, -0.15) is 10.1 Å². The molecule has 1 aromatic carbocycles. The molecule has 0 saturated carbocycles. The second-order valence-corrected chi connectivity index (χ2v) is 16.7. The van der Waals surface area contributed by atoms with E-state index in [1.807, 2.05) is 21.7 Å². The van der Waals surface area contributed by atoms with Crippen LogP contribution in [0, 0.1) is 0 Å². The molecule has 0 spiro atoms. The zero-order valence-corrected chi connectivity index (χ0v) is 38.2. The molecule has 8 rings (SSSR count). The normalized spacial score (nSPS) is 14.6. The van der Waals surface area contributed by atoms with Crippen LogP contribution in [0.15, 0.2) is 53.7 Å². The summed E-state index contributed by atoms with van der Waals surface area (Å²) < 4.78 is 18.7. The molecule has 0 aliphatic carbocycles. The van der Waals surface area contributed by atoms with Gasteiger partial charge in [-0.25, -0.2) is 34.6 Å². The molecule has 2 amide bonds. The van der Waals surface area contributed by atoms with Crippen LogP contribution in [0.1, 0.15) is 54.4 Å². The molecule has 0 unspecified atom stereocenters. The highest BCUT2D eigenvalue weighted by atomic mass is 16.5. The molecular weight excluding hydrogens is 875 g/mol. The zero-order chi connectivity index (χ0) is 47.2. The minimum Gasteiger partial charge on any atom is -0.424 e. The van der Waals surface area contributed by atoms with Crippen molar-refractivity contribution in [2.24, 2.45) is 5.73 Å². The first-order valence-electron chi connectivity index (χ1n) is 23.1. The van der Waals surface area contributed by atoms with Gasteiger partial charge in [0.25, 0.3) is 11.9 Å². The van der Waals surface area contributed by atoms with Crippen LogP contribution in [0.3, 0.4) is 0 Å². The Labute approximate surface area is 392 Å². The predicted octanol–water partition coefficient (Wildman–Crippen LogP) is 1.68. The maximum absolute atomic E-state index is 12.8. The summed E-state index contributed by atoms with van der Waals surface area (Å²) in [4.78, 5) is 76.9. The number of ketones is 1. The molecule has 5 aromatic heterocycles. The van der Waals surface area contributed by atoms with Crippen LogP contribution in [0.2, 0.25) is 0 Å². The highest BCUT2D eigenvalue weighted by Crippen LogP contribution is 2.32. The lowest BCUT2D eigenvalue weighted by atomic mass is 10.1. The van der Waals surface area contributed by atoms with Crippen molar-refractivity contribution in [3.8, 4) is 11.3 Å². The van der Waals surface area contributed by atoms with E-state index in [0.717, 1.165) is 63.1 Å². The maximum atomic E-state index is 12.8. The molecule has 23 nitrogen and oxygen atoms in total. The van der Waals surface area contributed by atoms with Gasteiger partial charge in [-0.3, -0.25) is 19.3 Å². The van der Waals surface area contributed by atoms with Gasteiger partial charge in [-0.15, -0.1) is 0 Å². The van der Waals surface area contributed by atoms with Crippen LogP contribution in [0.4, 0.5) is 23.7 Å². The fourth-order valence-electron chi connectivity index (χ4n) is 8.15.